The summed E-state index contributed by atoms with van der Waals surface area (Å²) < 4.78 is 19.1. The normalized spacial score (nSPS) is 16.7. The number of carbonyl (C=O) groups excluding carboxylic acids is 1. The molecule has 1 aliphatic rings. The Morgan fingerprint density at radius 3 is 2.52 bits per heavy atom. The predicted molar refractivity (Wildman–Crippen MR) is 101 cm³/mol. The lowest BCUT2D eigenvalue weighted by molar-refractivity contribution is -0.133. The van der Waals surface area contributed by atoms with Gasteiger partial charge in [0.05, 0.1) is 0 Å². The van der Waals surface area contributed by atoms with Crippen LogP contribution < -0.4 is 0 Å². The number of carbonyl (C=O) groups is 1. The highest BCUT2D eigenvalue weighted by Crippen LogP contribution is 2.32. The summed E-state index contributed by atoms with van der Waals surface area (Å²) in [5, 5.41) is 8.01. The van der Waals surface area contributed by atoms with Crippen LogP contribution in [-0.4, -0.2) is 34.1 Å². The first-order valence-electron chi connectivity index (χ1n) is 9.69. The minimum atomic E-state index is -0.203. The molecular formula is C21H28FN3O2. The van der Waals surface area contributed by atoms with Gasteiger partial charge in [-0.25, -0.2) is 4.39 Å². The van der Waals surface area contributed by atoms with E-state index in [2.05, 4.69) is 24.0 Å². The van der Waals surface area contributed by atoms with Gasteiger partial charge >= 0.3 is 0 Å². The highest BCUT2D eigenvalue weighted by molar-refractivity contribution is 5.77. The topological polar surface area (TPSA) is 59.2 Å². The van der Waals surface area contributed by atoms with Crippen LogP contribution in [0, 0.1) is 25.6 Å². The molecule has 1 aliphatic heterocycles. The number of hydrogen-bond donors (Lipinski definition) is 0. The van der Waals surface area contributed by atoms with Gasteiger partial charge in [0.15, 0.2) is 0 Å². The first-order valence-corrected chi connectivity index (χ1v) is 9.69. The fourth-order valence-corrected chi connectivity index (χ4v) is 3.81. The van der Waals surface area contributed by atoms with E-state index < -0.39 is 0 Å². The number of aryl methyl sites for hydroxylation is 2. The smallest absolute Gasteiger partial charge is 0.223 e. The number of rotatable bonds is 5. The largest absolute Gasteiger partial charge is 0.425 e. The molecule has 1 aromatic heterocycles. The molecule has 2 heterocycles. The minimum absolute atomic E-state index is 0.0908. The summed E-state index contributed by atoms with van der Waals surface area (Å²) in [5.74, 6) is 1.85. The van der Waals surface area contributed by atoms with Crippen LogP contribution in [0.15, 0.2) is 22.6 Å². The van der Waals surface area contributed by atoms with Crippen molar-refractivity contribution in [3.63, 3.8) is 0 Å². The second-order valence-electron chi connectivity index (χ2n) is 7.88. The van der Waals surface area contributed by atoms with Crippen LogP contribution in [0.5, 0.6) is 0 Å². The zero-order valence-electron chi connectivity index (χ0n) is 16.5. The average molecular weight is 373 g/mol. The van der Waals surface area contributed by atoms with Crippen molar-refractivity contribution in [2.75, 3.05) is 13.1 Å². The number of likely N-dealkylation sites (tertiary alicyclic amines) is 1. The Kier molecular flexibility index (Phi) is 5.92. The van der Waals surface area contributed by atoms with E-state index >= 15 is 0 Å². The van der Waals surface area contributed by atoms with Crippen LogP contribution in [0.2, 0.25) is 0 Å². The Hall–Kier alpha value is -2.24. The Bertz CT molecular complexity index is 794. The van der Waals surface area contributed by atoms with Gasteiger partial charge in [0, 0.05) is 32.4 Å². The molecule has 0 N–H and O–H groups in total. The molecule has 27 heavy (non-hydrogen) atoms. The molecule has 3 rings (SSSR count). The first-order chi connectivity index (χ1) is 12.8. The first kappa shape index (κ1) is 19.5. The van der Waals surface area contributed by atoms with Crippen LogP contribution in [0.25, 0.3) is 0 Å². The van der Waals surface area contributed by atoms with Crippen molar-refractivity contribution < 1.29 is 13.6 Å². The molecule has 5 nitrogen and oxygen atoms in total. The van der Waals surface area contributed by atoms with E-state index in [1.165, 1.54) is 6.07 Å². The number of benzene rings is 1. The molecule has 0 spiro atoms. The lowest BCUT2D eigenvalue weighted by Gasteiger charge is -2.32. The SMILES string of the molecule is Cc1nnc(C2CCN(C(=O)CC(c3ccc(F)c(C)c3)C(C)C)CC2)o1. The van der Waals surface area contributed by atoms with Crippen molar-refractivity contribution in [3.8, 4) is 0 Å². The third-order valence-electron chi connectivity index (χ3n) is 5.55. The van der Waals surface area contributed by atoms with Crippen molar-refractivity contribution in [2.45, 2.75) is 58.8 Å². The van der Waals surface area contributed by atoms with Crippen LogP contribution in [-0.2, 0) is 4.79 Å². The van der Waals surface area contributed by atoms with Gasteiger partial charge in [-0.15, -0.1) is 10.2 Å². The van der Waals surface area contributed by atoms with E-state index in [4.69, 9.17) is 4.42 Å². The number of hydrogen-bond acceptors (Lipinski definition) is 4. The molecule has 1 saturated heterocycles. The monoisotopic (exact) mass is 373 g/mol. The summed E-state index contributed by atoms with van der Waals surface area (Å²) in [7, 11) is 0. The van der Waals surface area contributed by atoms with E-state index in [0.717, 1.165) is 18.4 Å². The van der Waals surface area contributed by atoms with E-state index in [0.29, 0.717) is 42.8 Å². The van der Waals surface area contributed by atoms with E-state index in [9.17, 15) is 9.18 Å². The minimum Gasteiger partial charge on any atom is -0.425 e. The second kappa shape index (κ2) is 8.19. The van der Waals surface area contributed by atoms with Crippen molar-refractivity contribution in [1.82, 2.24) is 15.1 Å². The molecular weight excluding hydrogens is 345 g/mol. The number of halogens is 1. The van der Waals surface area contributed by atoms with Gasteiger partial charge < -0.3 is 9.32 Å². The third kappa shape index (κ3) is 4.54. The van der Waals surface area contributed by atoms with Gasteiger partial charge in [-0.1, -0.05) is 26.0 Å². The number of aromatic nitrogens is 2. The standard InChI is InChI=1S/C21H28FN3O2/c1-13(2)18(17-5-6-19(22)14(3)11-17)12-20(26)25-9-7-16(8-10-25)21-24-23-15(4)27-21/h5-6,11,13,16,18H,7-10,12H2,1-4H3. The van der Waals surface area contributed by atoms with Gasteiger partial charge in [-0.2, -0.15) is 0 Å². The molecule has 1 amide bonds. The van der Waals surface area contributed by atoms with Gasteiger partial charge in [0.2, 0.25) is 17.7 Å². The molecule has 146 valence electrons. The van der Waals surface area contributed by atoms with Crippen molar-refractivity contribution >= 4 is 5.91 Å². The zero-order valence-corrected chi connectivity index (χ0v) is 16.5. The van der Waals surface area contributed by atoms with Gasteiger partial charge in [-0.05, 0) is 48.8 Å². The summed E-state index contributed by atoms with van der Waals surface area (Å²) in [4.78, 5) is 14.8. The average Bonchev–Trinajstić information content (AvgIpc) is 3.08. The van der Waals surface area contributed by atoms with Crippen LogP contribution in [0.1, 0.15) is 67.9 Å². The number of amides is 1. The van der Waals surface area contributed by atoms with E-state index in [-0.39, 0.29) is 23.6 Å². The molecule has 1 atom stereocenters. The quantitative estimate of drug-likeness (QED) is 0.781. The maximum Gasteiger partial charge on any atom is 0.223 e. The van der Waals surface area contributed by atoms with Crippen LogP contribution in [0.3, 0.4) is 0 Å². The number of nitrogens with zero attached hydrogens (tertiary/aromatic N) is 3. The van der Waals surface area contributed by atoms with Gasteiger partial charge in [-0.3, -0.25) is 4.79 Å². The maximum absolute atomic E-state index is 13.6. The van der Waals surface area contributed by atoms with Crippen molar-refractivity contribution in [1.29, 1.82) is 0 Å². The van der Waals surface area contributed by atoms with Crippen LogP contribution >= 0.6 is 0 Å². The Morgan fingerprint density at radius 1 is 1.26 bits per heavy atom. The highest BCUT2D eigenvalue weighted by atomic mass is 19.1. The number of piperidine rings is 1. The summed E-state index contributed by atoms with van der Waals surface area (Å²) in [6.45, 7) is 9.19. The van der Waals surface area contributed by atoms with Crippen LogP contribution in [0.4, 0.5) is 4.39 Å². The van der Waals surface area contributed by atoms with E-state index in [1.54, 1.807) is 13.8 Å². The maximum atomic E-state index is 13.6. The van der Waals surface area contributed by atoms with Gasteiger partial charge in [0.1, 0.15) is 5.82 Å². The summed E-state index contributed by atoms with van der Waals surface area (Å²) in [6, 6.07) is 5.18. The molecule has 1 fully saturated rings. The lowest BCUT2D eigenvalue weighted by Crippen LogP contribution is -2.39. The zero-order chi connectivity index (χ0) is 19.6. The molecule has 0 saturated carbocycles. The molecule has 2 aromatic rings. The molecule has 6 heteroatoms. The highest BCUT2D eigenvalue weighted by Gasteiger charge is 2.29. The fourth-order valence-electron chi connectivity index (χ4n) is 3.81. The molecule has 0 bridgehead atoms. The molecule has 0 radical (unpaired) electrons. The second-order valence-corrected chi connectivity index (χ2v) is 7.88. The van der Waals surface area contributed by atoms with E-state index in [1.807, 2.05) is 17.0 Å². The lowest BCUT2D eigenvalue weighted by atomic mass is 9.84. The van der Waals surface area contributed by atoms with Gasteiger partial charge in [0.25, 0.3) is 0 Å². The predicted octanol–water partition coefficient (Wildman–Crippen LogP) is 4.36. The summed E-state index contributed by atoms with van der Waals surface area (Å²) in [6.07, 6.45) is 2.14. The Labute approximate surface area is 160 Å². The Morgan fingerprint density at radius 2 is 1.96 bits per heavy atom. The third-order valence-corrected chi connectivity index (χ3v) is 5.55. The molecule has 1 aromatic carbocycles. The summed E-state index contributed by atoms with van der Waals surface area (Å²) in [5.41, 5.74) is 1.66. The fraction of sp³-hybridized carbons (Fsp3) is 0.571. The Balaban J connectivity index is 1.62. The van der Waals surface area contributed by atoms with Crippen molar-refractivity contribution in [3.05, 3.63) is 46.9 Å². The molecule has 1 unspecified atom stereocenters. The summed E-state index contributed by atoms with van der Waals surface area (Å²) >= 11 is 0. The molecule has 0 aliphatic carbocycles. The van der Waals surface area contributed by atoms with Crippen molar-refractivity contribution in [2.24, 2.45) is 5.92 Å².